The lowest BCUT2D eigenvalue weighted by molar-refractivity contribution is -0.153. The Balaban J connectivity index is 1.11. The molecule has 0 atom stereocenters. The van der Waals surface area contributed by atoms with E-state index in [2.05, 4.69) is 20.2 Å². The highest BCUT2D eigenvalue weighted by atomic mass is 32.1. The fraction of sp³-hybridized carbons (Fsp3) is 0.625. The van der Waals surface area contributed by atoms with Gasteiger partial charge in [0.15, 0.2) is 13.2 Å². The van der Waals surface area contributed by atoms with E-state index in [-0.39, 0.29) is 23.7 Å². The number of carbonyl (C=O) groups excluding carboxylic acids is 1. The molecule has 1 aliphatic carbocycles. The minimum absolute atomic E-state index is 0.00310. The molecule has 0 aromatic carbocycles. The Hall–Kier alpha value is -2.40. The van der Waals surface area contributed by atoms with Gasteiger partial charge in [-0.15, -0.1) is 0 Å². The number of hydrogen-bond acceptors (Lipinski definition) is 7. The third-order valence-corrected chi connectivity index (χ3v) is 7.58. The van der Waals surface area contributed by atoms with Crippen LogP contribution in [0.25, 0.3) is 0 Å². The molecule has 0 radical (unpaired) electrons. The number of halogens is 3. The maximum atomic E-state index is 12.4. The van der Waals surface area contributed by atoms with Crippen LogP contribution in [0.15, 0.2) is 24.5 Å². The molecule has 3 heterocycles. The lowest BCUT2D eigenvalue weighted by Crippen LogP contribution is -2.40. The molecule has 0 unspecified atom stereocenters. The first-order valence-electron chi connectivity index (χ1n) is 12.1. The van der Waals surface area contributed by atoms with Crippen molar-refractivity contribution in [3.05, 3.63) is 35.1 Å². The molecule has 2 aliphatic rings. The van der Waals surface area contributed by atoms with Gasteiger partial charge in [0.2, 0.25) is 0 Å². The smallest absolute Gasteiger partial charge is 0.422 e. The SMILES string of the molecule is O=C(COc1cccnc1)N[C@H]1CC[C@H](CCN2CCc3nc(OCC(F)(F)F)sc3CC2)CC1. The van der Waals surface area contributed by atoms with Gasteiger partial charge in [-0.3, -0.25) is 9.78 Å². The van der Waals surface area contributed by atoms with Gasteiger partial charge in [0.05, 0.1) is 11.9 Å². The summed E-state index contributed by atoms with van der Waals surface area (Å²) in [6, 6.07) is 3.74. The number of nitrogens with one attached hydrogen (secondary N) is 1. The number of amides is 1. The van der Waals surface area contributed by atoms with E-state index in [0.717, 1.165) is 75.2 Å². The molecule has 1 fully saturated rings. The average molecular weight is 513 g/mol. The number of ether oxygens (including phenoxy) is 2. The number of nitrogens with zero attached hydrogens (tertiary/aromatic N) is 3. The van der Waals surface area contributed by atoms with Crippen molar-refractivity contribution in [1.82, 2.24) is 20.2 Å². The molecule has 7 nitrogen and oxygen atoms in total. The zero-order chi connectivity index (χ0) is 24.7. The normalized spacial score (nSPS) is 21.1. The van der Waals surface area contributed by atoms with Crippen molar-refractivity contribution in [2.75, 3.05) is 32.8 Å². The van der Waals surface area contributed by atoms with E-state index in [4.69, 9.17) is 9.47 Å². The summed E-state index contributed by atoms with van der Waals surface area (Å²) < 4.78 is 47.4. The molecule has 35 heavy (non-hydrogen) atoms. The molecule has 0 spiro atoms. The summed E-state index contributed by atoms with van der Waals surface area (Å²) in [4.78, 5) is 23.9. The van der Waals surface area contributed by atoms with Crippen LogP contribution in [0.4, 0.5) is 13.2 Å². The van der Waals surface area contributed by atoms with Crippen molar-refractivity contribution in [1.29, 1.82) is 0 Å². The number of alkyl halides is 3. The second-order valence-corrected chi connectivity index (χ2v) is 10.2. The van der Waals surface area contributed by atoms with Crippen molar-refractivity contribution in [2.45, 2.75) is 57.2 Å². The predicted molar refractivity (Wildman–Crippen MR) is 126 cm³/mol. The number of pyridine rings is 1. The summed E-state index contributed by atoms with van der Waals surface area (Å²) in [5.41, 5.74) is 0.874. The second-order valence-electron chi connectivity index (χ2n) is 9.15. The number of rotatable bonds is 9. The maximum absolute atomic E-state index is 12.4. The number of aromatic nitrogens is 2. The summed E-state index contributed by atoms with van der Waals surface area (Å²) in [7, 11) is 0. The Morgan fingerprint density at radius 1 is 1.17 bits per heavy atom. The molecule has 0 saturated heterocycles. The first-order chi connectivity index (χ1) is 16.8. The molecule has 1 aliphatic heterocycles. The fourth-order valence-electron chi connectivity index (χ4n) is 4.63. The van der Waals surface area contributed by atoms with Crippen molar-refractivity contribution in [2.24, 2.45) is 5.92 Å². The van der Waals surface area contributed by atoms with Crippen LogP contribution >= 0.6 is 11.3 Å². The van der Waals surface area contributed by atoms with Gasteiger partial charge in [0, 0.05) is 36.6 Å². The molecular formula is C24H31F3N4O3S. The Bertz CT molecular complexity index is 924. The van der Waals surface area contributed by atoms with Crippen molar-refractivity contribution in [3.63, 3.8) is 0 Å². The standard InChI is InChI=1S/C24H31F3N4O3S/c25-24(26,27)16-34-23-30-20-8-12-31(13-9-21(20)35-23)11-7-17-3-5-18(6-4-17)29-22(32)15-33-19-2-1-10-28-14-19/h1-2,10,14,17-18H,3-9,11-13,15-16H2,(H,29,32)/t17-,18-. The van der Waals surface area contributed by atoms with Gasteiger partial charge in [-0.05, 0) is 63.1 Å². The van der Waals surface area contributed by atoms with Crippen molar-refractivity contribution < 1.29 is 27.4 Å². The van der Waals surface area contributed by atoms with E-state index in [9.17, 15) is 18.0 Å². The van der Waals surface area contributed by atoms with E-state index in [0.29, 0.717) is 11.7 Å². The number of carbonyl (C=O) groups is 1. The lowest BCUT2D eigenvalue weighted by Gasteiger charge is -2.30. The van der Waals surface area contributed by atoms with E-state index >= 15 is 0 Å². The van der Waals surface area contributed by atoms with Gasteiger partial charge in [-0.2, -0.15) is 13.2 Å². The molecule has 1 saturated carbocycles. The fourth-order valence-corrected chi connectivity index (χ4v) is 5.57. The Morgan fingerprint density at radius 2 is 1.97 bits per heavy atom. The maximum Gasteiger partial charge on any atom is 0.422 e. The predicted octanol–water partition coefficient (Wildman–Crippen LogP) is 4.02. The highest BCUT2D eigenvalue weighted by Gasteiger charge is 2.30. The van der Waals surface area contributed by atoms with Gasteiger partial charge in [0.25, 0.3) is 11.1 Å². The van der Waals surface area contributed by atoms with Gasteiger partial charge in [-0.1, -0.05) is 11.3 Å². The van der Waals surface area contributed by atoms with Crippen LogP contribution in [0.5, 0.6) is 10.9 Å². The Kier molecular flexibility index (Phi) is 8.83. The van der Waals surface area contributed by atoms with Crippen LogP contribution in [0, 0.1) is 5.92 Å². The highest BCUT2D eigenvalue weighted by molar-refractivity contribution is 7.13. The van der Waals surface area contributed by atoms with Crippen LogP contribution in [0.3, 0.4) is 0 Å². The van der Waals surface area contributed by atoms with E-state index in [1.54, 1.807) is 24.5 Å². The summed E-state index contributed by atoms with van der Waals surface area (Å²) >= 11 is 1.24. The number of fused-ring (bicyclic) bond motifs is 1. The molecule has 1 amide bonds. The first-order valence-corrected chi connectivity index (χ1v) is 12.9. The summed E-state index contributed by atoms with van der Waals surface area (Å²) in [5.74, 6) is 1.13. The molecule has 2 aromatic heterocycles. The van der Waals surface area contributed by atoms with Crippen LogP contribution in [0.2, 0.25) is 0 Å². The molecule has 0 bridgehead atoms. The van der Waals surface area contributed by atoms with E-state index < -0.39 is 12.8 Å². The molecule has 192 valence electrons. The van der Waals surface area contributed by atoms with Gasteiger partial charge in [-0.25, -0.2) is 4.98 Å². The Morgan fingerprint density at radius 3 is 2.71 bits per heavy atom. The Labute approximate surface area is 207 Å². The molecular weight excluding hydrogens is 481 g/mol. The summed E-state index contributed by atoms with van der Waals surface area (Å²) in [6.45, 7) is 1.45. The average Bonchev–Trinajstić information content (AvgIpc) is 3.14. The zero-order valence-corrected chi connectivity index (χ0v) is 20.4. The van der Waals surface area contributed by atoms with Crippen molar-refractivity contribution in [3.8, 4) is 10.9 Å². The summed E-state index contributed by atoms with van der Waals surface area (Å²) in [5, 5.41) is 3.20. The first kappa shape index (κ1) is 25.7. The largest absolute Gasteiger partial charge is 0.482 e. The molecule has 2 aromatic rings. The van der Waals surface area contributed by atoms with Crippen LogP contribution in [0.1, 0.15) is 42.7 Å². The third-order valence-electron chi connectivity index (χ3n) is 6.51. The lowest BCUT2D eigenvalue weighted by atomic mass is 9.84. The second kappa shape index (κ2) is 12.0. The molecule has 11 heteroatoms. The minimum atomic E-state index is -4.35. The van der Waals surface area contributed by atoms with Crippen LogP contribution < -0.4 is 14.8 Å². The van der Waals surface area contributed by atoms with Crippen LogP contribution in [-0.2, 0) is 17.6 Å². The van der Waals surface area contributed by atoms with Gasteiger partial charge < -0.3 is 19.7 Å². The topological polar surface area (TPSA) is 76.6 Å². The minimum Gasteiger partial charge on any atom is -0.482 e. The van der Waals surface area contributed by atoms with Gasteiger partial charge >= 0.3 is 6.18 Å². The number of hydrogen-bond donors (Lipinski definition) is 1. The third kappa shape index (κ3) is 8.34. The summed E-state index contributed by atoms with van der Waals surface area (Å²) in [6.07, 6.45) is 5.69. The van der Waals surface area contributed by atoms with E-state index in [1.807, 2.05) is 0 Å². The van der Waals surface area contributed by atoms with Crippen LogP contribution in [-0.4, -0.2) is 65.8 Å². The van der Waals surface area contributed by atoms with Crippen molar-refractivity contribution >= 4 is 17.2 Å². The highest BCUT2D eigenvalue weighted by Crippen LogP contribution is 2.31. The molecule has 1 N–H and O–H groups in total. The monoisotopic (exact) mass is 512 g/mol. The number of thiazole rings is 1. The van der Waals surface area contributed by atoms with Gasteiger partial charge in [0.1, 0.15) is 5.75 Å². The quantitative estimate of drug-likeness (QED) is 0.547. The zero-order valence-electron chi connectivity index (χ0n) is 19.6. The molecule has 4 rings (SSSR count). The van der Waals surface area contributed by atoms with E-state index in [1.165, 1.54) is 11.3 Å².